The molecule has 0 aromatic heterocycles. The third-order valence-corrected chi connectivity index (χ3v) is 3.86. The Morgan fingerprint density at radius 3 is 2.81 bits per heavy atom. The summed E-state index contributed by atoms with van der Waals surface area (Å²) in [6.07, 6.45) is 4.56. The molecule has 1 aromatic rings. The van der Waals surface area contributed by atoms with Gasteiger partial charge in [-0.15, -0.1) is 0 Å². The second-order valence-electron chi connectivity index (χ2n) is 5.01. The maximum absolute atomic E-state index is 12.0. The van der Waals surface area contributed by atoms with Crippen molar-refractivity contribution >= 4 is 5.78 Å². The van der Waals surface area contributed by atoms with Gasteiger partial charge in [-0.3, -0.25) is 4.79 Å². The molecule has 0 radical (unpaired) electrons. The van der Waals surface area contributed by atoms with Gasteiger partial charge < -0.3 is 5.32 Å². The first-order valence-corrected chi connectivity index (χ1v) is 6.18. The minimum atomic E-state index is 0.333. The van der Waals surface area contributed by atoms with Crippen LogP contribution >= 0.6 is 0 Å². The number of benzene rings is 1. The van der Waals surface area contributed by atoms with Crippen LogP contribution in [0.5, 0.6) is 0 Å². The van der Waals surface area contributed by atoms with Crippen LogP contribution in [0.4, 0.5) is 0 Å². The Hall–Kier alpha value is -1.15. The third-order valence-electron chi connectivity index (χ3n) is 3.86. The maximum Gasteiger partial charge on any atom is 0.163 e. The van der Waals surface area contributed by atoms with Gasteiger partial charge in [0.25, 0.3) is 0 Å². The lowest BCUT2D eigenvalue weighted by Crippen LogP contribution is -2.16. The molecule has 3 rings (SSSR count). The molecule has 1 heterocycles. The molecule has 0 unspecified atom stereocenters. The van der Waals surface area contributed by atoms with Crippen molar-refractivity contribution in [3.8, 4) is 0 Å². The largest absolute Gasteiger partial charge is 0.309 e. The van der Waals surface area contributed by atoms with E-state index >= 15 is 0 Å². The summed E-state index contributed by atoms with van der Waals surface area (Å²) in [7, 11) is 0. The van der Waals surface area contributed by atoms with Crippen LogP contribution in [0.25, 0.3) is 0 Å². The molecule has 1 aliphatic carbocycles. The zero-order chi connectivity index (χ0) is 11.0. The van der Waals surface area contributed by atoms with E-state index < -0.39 is 0 Å². The van der Waals surface area contributed by atoms with Crippen molar-refractivity contribution in [3.63, 3.8) is 0 Å². The van der Waals surface area contributed by atoms with Crippen LogP contribution in [0.15, 0.2) is 18.2 Å². The van der Waals surface area contributed by atoms with Gasteiger partial charge in [-0.1, -0.05) is 31.4 Å². The summed E-state index contributed by atoms with van der Waals surface area (Å²) in [6.45, 7) is 1.87. The Kier molecular flexibility index (Phi) is 2.52. The highest BCUT2D eigenvalue weighted by atomic mass is 16.1. The van der Waals surface area contributed by atoms with Crippen LogP contribution in [0.3, 0.4) is 0 Å². The normalized spacial score (nSPS) is 19.2. The van der Waals surface area contributed by atoms with Gasteiger partial charge in [-0.25, -0.2) is 0 Å². The Morgan fingerprint density at radius 2 is 2.06 bits per heavy atom. The Balaban J connectivity index is 1.75. The predicted molar refractivity (Wildman–Crippen MR) is 63.3 cm³/mol. The smallest absolute Gasteiger partial charge is 0.163 e. The van der Waals surface area contributed by atoms with Gasteiger partial charge in [-0.05, 0) is 23.1 Å². The third kappa shape index (κ3) is 1.78. The van der Waals surface area contributed by atoms with Crippen molar-refractivity contribution in [1.29, 1.82) is 0 Å². The first kappa shape index (κ1) is 10.0. The highest BCUT2D eigenvalue weighted by Crippen LogP contribution is 2.30. The Morgan fingerprint density at radius 1 is 1.25 bits per heavy atom. The molecule has 1 aliphatic heterocycles. The molecule has 0 saturated heterocycles. The van der Waals surface area contributed by atoms with Crippen molar-refractivity contribution in [2.75, 3.05) is 0 Å². The van der Waals surface area contributed by atoms with E-state index in [1.54, 1.807) is 0 Å². The van der Waals surface area contributed by atoms with Crippen molar-refractivity contribution in [2.45, 2.75) is 38.8 Å². The molecule has 0 atom stereocenters. The molecule has 84 valence electrons. The molecule has 0 spiro atoms. The number of ketones is 1. The molecule has 1 saturated carbocycles. The quantitative estimate of drug-likeness (QED) is 0.785. The topological polar surface area (TPSA) is 29.1 Å². The second kappa shape index (κ2) is 4.02. The number of fused-ring (bicyclic) bond motifs is 1. The van der Waals surface area contributed by atoms with E-state index in [9.17, 15) is 4.79 Å². The van der Waals surface area contributed by atoms with E-state index in [1.165, 1.54) is 30.4 Å². The molecule has 0 amide bonds. The molecular weight excluding hydrogens is 198 g/mol. The summed E-state index contributed by atoms with van der Waals surface area (Å²) in [6, 6.07) is 6.17. The van der Waals surface area contributed by atoms with Crippen LogP contribution < -0.4 is 5.32 Å². The monoisotopic (exact) mass is 215 g/mol. The van der Waals surface area contributed by atoms with Crippen molar-refractivity contribution < 1.29 is 4.79 Å². The number of hydrogen-bond donors (Lipinski definition) is 1. The number of hydrogen-bond acceptors (Lipinski definition) is 2. The van der Waals surface area contributed by atoms with Crippen molar-refractivity contribution in [3.05, 3.63) is 34.9 Å². The molecule has 1 aromatic carbocycles. The average molecular weight is 215 g/mol. The SMILES string of the molecule is O=C(CC1CCC1)c1ccc2c(c1)CNC2. The summed E-state index contributed by atoms with van der Waals surface area (Å²) < 4.78 is 0. The van der Waals surface area contributed by atoms with E-state index in [1.807, 2.05) is 6.07 Å². The number of Topliss-reactive ketones (excluding diaryl/α,β-unsaturated/α-hetero) is 1. The lowest BCUT2D eigenvalue weighted by atomic mass is 9.81. The molecule has 1 fully saturated rings. The lowest BCUT2D eigenvalue weighted by Gasteiger charge is -2.24. The zero-order valence-corrected chi connectivity index (χ0v) is 9.46. The summed E-state index contributed by atoms with van der Waals surface area (Å²) in [5.41, 5.74) is 3.56. The molecule has 2 aliphatic rings. The minimum absolute atomic E-state index is 0.333. The van der Waals surface area contributed by atoms with Gasteiger partial charge in [0.1, 0.15) is 0 Å². The molecule has 16 heavy (non-hydrogen) atoms. The molecule has 2 nitrogen and oxygen atoms in total. The first-order valence-electron chi connectivity index (χ1n) is 6.18. The highest BCUT2D eigenvalue weighted by molar-refractivity contribution is 5.96. The lowest BCUT2D eigenvalue weighted by molar-refractivity contribution is 0.0936. The van der Waals surface area contributed by atoms with Crippen LogP contribution in [0.1, 0.15) is 47.2 Å². The van der Waals surface area contributed by atoms with E-state index in [2.05, 4.69) is 17.4 Å². The molecule has 2 heteroatoms. The molecular formula is C14H17NO. The van der Waals surface area contributed by atoms with Crippen LogP contribution in [-0.2, 0) is 13.1 Å². The fourth-order valence-electron chi connectivity index (χ4n) is 2.55. The van der Waals surface area contributed by atoms with Gasteiger partial charge in [0.05, 0.1) is 0 Å². The first-order chi connectivity index (χ1) is 7.83. The average Bonchev–Trinajstić information content (AvgIpc) is 2.69. The number of rotatable bonds is 3. The predicted octanol–water partition coefficient (Wildman–Crippen LogP) is 2.66. The van der Waals surface area contributed by atoms with Gasteiger partial charge in [0.15, 0.2) is 5.78 Å². The van der Waals surface area contributed by atoms with E-state index in [4.69, 9.17) is 0 Å². The summed E-state index contributed by atoms with van der Waals surface area (Å²) >= 11 is 0. The number of carbonyl (C=O) groups is 1. The minimum Gasteiger partial charge on any atom is -0.309 e. The van der Waals surface area contributed by atoms with Gasteiger partial charge in [0.2, 0.25) is 0 Å². The summed E-state index contributed by atoms with van der Waals surface area (Å²) in [5, 5.41) is 3.31. The fourth-order valence-corrected chi connectivity index (χ4v) is 2.55. The summed E-state index contributed by atoms with van der Waals surface area (Å²) in [4.78, 5) is 12.0. The standard InChI is InChI=1S/C14H17NO/c16-14(6-10-2-1-3-10)11-4-5-12-8-15-9-13(12)7-11/h4-5,7,10,15H,1-3,6,8-9H2. The van der Waals surface area contributed by atoms with Crippen LogP contribution in [0, 0.1) is 5.92 Å². The van der Waals surface area contributed by atoms with Crippen LogP contribution in [-0.4, -0.2) is 5.78 Å². The fraction of sp³-hybridized carbons (Fsp3) is 0.500. The van der Waals surface area contributed by atoms with Gasteiger partial charge >= 0.3 is 0 Å². The van der Waals surface area contributed by atoms with Crippen molar-refractivity contribution in [2.24, 2.45) is 5.92 Å². The highest BCUT2D eigenvalue weighted by Gasteiger charge is 2.22. The van der Waals surface area contributed by atoms with Crippen molar-refractivity contribution in [1.82, 2.24) is 5.32 Å². The Labute approximate surface area is 96.1 Å². The van der Waals surface area contributed by atoms with E-state index in [0.717, 1.165) is 25.1 Å². The number of carbonyl (C=O) groups excluding carboxylic acids is 1. The van der Waals surface area contributed by atoms with Gasteiger partial charge in [-0.2, -0.15) is 0 Å². The van der Waals surface area contributed by atoms with E-state index in [0.29, 0.717) is 11.7 Å². The number of nitrogens with one attached hydrogen (secondary N) is 1. The maximum atomic E-state index is 12.0. The van der Waals surface area contributed by atoms with E-state index in [-0.39, 0.29) is 0 Å². The summed E-state index contributed by atoms with van der Waals surface area (Å²) in [5.74, 6) is 0.998. The molecule has 0 bridgehead atoms. The zero-order valence-electron chi connectivity index (χ0n) is 9.46. The van der Waals surface area contributed by atoms with Crippen LogP contribution in [0.2, 0.25) is 0 Å². The Bertz CT molecular complexity index is 421. The van der Waals surface area contributed by atoms with Gasteiger partial charge in [0, 0.05) is 25.1 Å². The molecule has 1 N–H and O–H groups in total. The second-order valence-corrected chi connectivity index (χ2v) is 5.01.